The van der Waals surface area contributed by atoms with Gasteiger partial charge in [0, 0.05) is 26.2 Å². The lowest BCUT2D eigenvalue weighted by atomic mass is 10.2. The molecule has 96 valence electrons. The Hall–Kier alpha value is -0.160. The predicted octanol–water partition coefficient (Wildman–Crippen LogP) is 0.411. The van der Waals surface area contributed by atoms with Crippen LogP contribution in [0.25, 0.3) is 0 Å². The van der Waals surface area contributed by atoms with E-state index in [9.17, 15) is 0 Å². The molecule has 0 bridgehead atoms. The molecule has 0 aliphatic carbocycles. The van der Waals surface area contributed by atoms with E-state index in [1.54, 1.807) is 0 Å². The van der Waals surface area contributed by atoms with Gasteiger partial charge in [0.15, 0.2) is 0 Å². The SMILES string of the molecule is CCCN(CCO)CC1CN(CC)CCO1. The van der Waals surface area contributed by atoms with Gasteiger partial charge in [-0.2, -0.15) is 0 Å². The summed E-state index contributed by atoms with van der Waals surface area (Å²) in [5, 5.41) is 9.00. The highest BCUT2D eigenvalue weighted by atomic mass is 16.5. The summed E-state index contributed by atoms with van der Waals surface area (Å²) in [4.78, 5) is 4.72. The molecule has 1 unspecified atom stereocenters. The zero-order valence-electron chi connectivity index (χ0n) is 10.7. The van der Waals surface area contributed by atoms with Crippen LogP contribution in [0.4, 0.5) is 0 Å². The normalized spacial score (nSPS) is 22.9. The van der Waals surface area contributed by atoms with Gasteiger partial charge in [-0.1, -0.05) is 13.8 Å². The minimum atomic E-state index is 0.240. The molecule has 1 saturated heterocycles. The second kappa shape index (κ2) is 8.01. The minimum Gasteiger partial charge on any atom is -0.395 e. The lowest BCUT2D eigenvalue weighted by Gasteiger charge is -2.35. The average molecular weight is 230 g/mol. The van der Waals surface area contributed by atoms with Crippen molar-refractivity contribution < 1.29 is 9.84 Å². The molecule has 4 nitrogen and oxygen atoms in total. The van der Waals surface area contributed by atoms with Gasteiger partial charge in [-0.15, -0.1) is 0 Å². The number of morpholine rings is 1. The van der Waals surface area contributed by atoms with E-state index in [0.717, 1.165) is 52.3 Å². The summed E-state index contributed by atoms with van der Waals surface area (Å²) in [7, 11) is 0. The number of ether oxygens (including phenoxy) is 1. The van der Waals surface area contributed by atoms with Gasteiger partial charge in [0.05, 0.1) is 19.3 Å². The molecule has 0 saturated carbocycles. The fourth-order valence-electron chi connectivity index (χ4n) is 2.22. The second-order valence-electron chi connectivity index (χ2n) is 4.41. The Kier molecular flexibility index (Phi) is 6.96. The molecule has 1 atom stereocenters. The topological polar surface area (TPSA) is 35.9 Å². The van der Waals surface area contributed by atoms with Crippen molar-refractivity contribution in [2.75, 3.05) is 52.5 Å². The van der Waals surface area contributed by atoms with Gasteiger partial charge >= 0.3 is 0 Å². The lowest BCUT2D eigenvalue weighted by Crippen LogP contribution is -2.48. The standard InChI is InChI=1S/C12H26N2O2/c1-3-5-14(6-8-15)11-12-10-13(4-2)7-9-16-12/h12,15H,3-11H2,1-2H3. The van der Waals surface area contributed by atoms with Crippen molar-refractivity contribution in [1.82, 2.24) is 9.80 Å². The summed E-state index contributed by atoms with van der Waals surface area (Å²) >= 11 is 0. The Morgan fingerprint density at radius 3 is 2.81 bits per heavy atom. The summed E-state index contributed by atoms with van der Waals surface area (Å²) in [5.74, 6) is 0. The zero-order chi connectivity index (χ0) is 11.8. The van der Waals surface area contributed by atoms with Crippen LogP contribution in [0, 0.1) is 0 Å². The third-order valence-electron chi connectivity index (χ3n) is 3.09. The third-order valence-corrected chi connectivity index (χ3v) is 3.09. The lowest BCUT2D eigenvalue weighted by molar-refractivity contribution is -0.0430. The van der Waals surface area contributed by atoms with Crippen molar-refractivity contribution >= 4 is 0 Å². The molecule has 1 heterocycles. The van der Waals surface area contributed by atoms with E-state index in [-0.39, 0.29) is 6.61 Å². The Labute approximate surface area is 99.2 Å². The average Bonchev–Trinajstić information content (AvgIpc) is 2.30. The Morgan fingerprint density at radius 1 is 1.38 bits per heavy atom. The largest absolute Gasteiger partial charge is 0.395 e. The summed E-state index contributed by atoms with van der Waals surface area (Å²) in [5.41, 5.74) is 0. The number of aliphatic hydroxyl groups excluding tert-OH is 1. The molecule has 1 rings (SSSR count). The first-order valence-electron chi connectivity index (χ1n) is 6.47. The van der Waals surface area contributed by atoms with Gasteiger partial charge in [-0.05, 0) is 19.5 Å². The quantitative estimate of drug-likeness (QED) is 0.687. The first kappa shape index (κ1) is 13.9. The van der Waals surface area contributed by atoms with Crippen molar-refractivity contribution in [2.24, 2.45) is 0 Å². The molecular weight excluding hydrogens is 204 g/mol. The third kappa shape index (κ3) is 4.78. The number of likely N-dealkylation sites (N-methyl/N-ethyl adjacent to an activating group) is 1. The zero-order valence-corrected chi connectivity index (χ0v) is 10.7. The van der Waals surface area contributed by atoms with Crippen LogP contribution in [-0.2, 0) is 4.74 Å². The maximum Gasteiger partial charge on any atom is 0.0829 e. The number of nitrogens with zero attached hydrogens (tertiary/aromatic N) is 2. The number of rotatable bonds is 7. The van der Waals surface area contributed by atoms with Crippen LogP contribution >= 0.6 is 0 Å². The van der Waals surface area contributed by atoms with Gasteiger partial charge in [-0.3, -0.25) is 9.80 Å². The van der Waals surface area contributed by atoms with Crippen molar-refractivity contribution in [3.05, 3.63) is 0 Å². The highest BCUT2D eigenvalue weighted by Gasteiger charge is 2.21. The Bertz CT molecular complexity index is 172. The van der Waals surface area contributed by atoms with E-state index >= 15 is 0 Å². The fourth-order valence-corrected chi connectivity index (χ4v) is 2.22. The molecule has 4 heteroatoms. The highest BCUT2D eigenvalue weighted by molar-refractivity contribution is 4.74. The minimum absolute atomic E-state index is 0.240. The van der Waals surface area contributed by atoms with Gasteiger partial charge < -0.3 is 9.84 Å². The fraction of sp³-hybridized carbons (Fsp3) is 1.00. The van der Waals surface area contributed by atoms with Crippen LogP contribution < -0.4 is 0 Å². The van der Waals surface area contributed by atoms with Crippen LogP contribution in [0.1, 0.15) is 20.3 Å². The molecular formula is C12H26N2O2. The summed E-state index contributed by atoms with van der Waals surface area (Å²) in [6, 6.07) is 0. The molecule has 16 heavy (non-hydrogen) atoms. The highest BCUT2D eigenvalue weighted by Crippen LogP contribution is 2.07. The molecule has 0 spiro atoms. The van der Waals surface area contributed by atoms with Gasteiger partial charge in [0.2, 0.25) is 0 Å². The molecule has 0 amide bonds. The van der Waals surface area contributed by atoms with Gasteiger partial charge in [-0.25, -0.2) is 0 Å². The Balaban J connectivity index is 2.31. The number of aliphatic hydroxyl groups is 1. The van der Waals surface area contributed by atoms with Crippen LogP contribution in [0.15, 0.2) is 0 Å². The maximum atomic E-state index is 9.00. The molecule has 0 aromatic carbocycles. The number of hydrogen-bond donors (Lipinski definition) is 1. The van der Waals surface area contributed by atoms with E-state index in [4.69, 9.17) is 9.84 Å². The molecule has 0 radical (unpaired) electrons. The van der Waals surface area contributed by atoms with Gasteiger partial charge in [0.1, 0.15) is 0 Å². The first-order chi connectivity index (χ1) is 7.80. The first-order valence-corrected chi connectivity index (χ1v) is 6.47. The van der Waals surface area contributed by atoms with E-state index < -0.39 is 0 Å². The van der Waals surface area contributed by atoms with E-state index in [1.807, 2.05) is 0 Å². The smallest absolute Gasteiger partial charge is 0.0829 e. The molecule has 0 aromatic heterocycles. The van der Waals surface area contributed by atoms with E-state index in [2.05, 4.69) is 23.6 Å². The van der Waals surface area contributed by atoms with Crippen molar-refractivity contribution in [2.45, 2.75) is 26.4 Å². The van der Waals surface area contributed by atoms with Crippen molar-refractivity contribution in [1.29, 1.82) is 0 Å². The summed E-state index contributed by atoms with van der Waals surface area (Å²) in [6.07, 6.45) is 1.44. The molecule has 1 N–H and O–H groups in total. The van der Waals surface area contributed by atoms with E-state index in [0.29, 0.717) is 6.10 Å². The van der Waals surface area contributed by atoms with Crippen molar-refractivity contribution in [3.8, 4) is 0 Å². The molecule has 1 aliphatic heterocycles. The van der Waals surface area contributed by atoms with Gasteiger partial charge in [0.25, 0.3) is 0 Å². The van der Waals surface area contributed by atoms with Crippen LogP contribution in [0.3, 0.4) is 0 Å². The molecule has 1 aliphatic rings. The Morgan fingerprint density at radius 2 is 2.19 bits per heavy atom. The number of hydrogen-bond acceptors (Lipinski definition) is 4. The second-order valence-corrected chi connectivity index (χ2v) is 4.41. The monoisotopic (exact) mass is 230 g/mol. The van der Waals surface area contributed by atoms with Crippen LogP contribution in [-0.4, -0.2) is 73.5 Å². The summed E-state index contributed by atoms with van der Waals surface area (Å²) < 4.78 is 5.77. The van der Waals surface area contributed by atoms with Crippen molar-refractivity contribution in [3.63, 3.8) is 0 Å². The molecule has 1 fully saturated rings. The maximum absolute atomic E-state index is 9.00. The summed E-state index contributed by atoms with van der Waals surface area (Å²) in [6.45, 7) is 11.4. The van der Waals surface area contributed by atoms with Crippen LogP contribution in [0.2, 0.25) is 0 Å². The van der Waals surface area contributed by atoms with E-state index in [1.165, 1.54) is 0 Å². The van der Waals surface area contributed by atoms with Crippen LogP contribution in [0.5, 0.6) is 0 Å². The molecule has 0 aromatic rings. The predicted molar refractivity (Wildman–Crippen MR) is 65.7 cm³/mol.